The molecule has 0 aromatic rings. The van der Waals surface area contributed by atoms with E-state index in [1.54, 1.807) is 0 Å². The number of piperidine rings is 1. The lowest BCUT2D eigenvalue weighted by Gasteiger charge is -2.44. The standard InChI is InChI=1S/C17H32N2O/c1-18-12-17(8-4-2-3-5-9-17)13-19-14-6-7-15(19)11-16(20)10-14/h14-16,18,20H,2-13H2,1H3. The molecule has 2 bridgehead atoms. The van der Waals surface area contributed by atoms with Gasteiger partial charge >= 0.3 is 0 Å². The Kier molecular flexibility index (Phi) is 4.68. The summed E-state index contributed by atoms with van der Waals surface area (Å²) in [6.07, 6.45) is 13.1. The van der Waals surface area contributed by atoms with E-state index in [1.807, 2.05) is 0 Å². The van der Waals surface area contributed by atoms with Crippen molar-refractivity contribution in [1.29, 1.82) is 0 Å². The number of hydrogen-bond donors (Lipinski definition) is 2. The van der Waals surface area contributed by atoms with Crippen molar-refractivity contribution in [3.63, 3.8) is 0 Å². The summed E-state index contributed by atoms with van der Waals surface area (Å²) in [5.74, 6) is 0. The van der Waals surface area contributed by atoms with Crippen LogP contribution in [0.3, 0.4) is 0 Å². The Morgan fingerprint density at radius 1 is 1.05 bits per heavy atom. The topological polar surface area (TPSA) is 35.5 Å². The van der Waals surface area contributed by atoms with Gasteiger partial charge in [0, 0.05) is 25.2 Å². The van der Waals surface area contributed by atoms with Crippen molar-refractivity contribution in [3.05, 3.63) is 0 Å². The van der Waals surface area contributed by atoms with E-state index in [4.69, 9.17) is 0 Å². The second kappa shape index (κ2) is 6.33. The van der Waals surface area contributed by atoms with Crippen molar-refractivity contribution >= 4 is 0 Å². The van der Waals surface area contributed by atoms with E-state index < -0.39 is 0 Å². The molecule has 2 unspecified atom stereocenters. The number of nitrogens with zero attached hydrogens (tertiary/aromatic N) is 1. The number of nitrogens with one attached hydrogen (secondary N) is 1. The predicted molar refractivity (Wildman–Crippen MR) is 82.8 cm³/mol. The summed E-state index contributed by atoms with van der Waals surface area (Å²) in [6.45, 7) is 2.45. The highest BCUT2D eigenvalue weighted by Gasteiger charge is 2.44. The Bertz CT molecular complexity index is 298. The van der Waals surface area contributed by atoms with Gasteiger partial charge in [0.05, 0.1) is 6.10 Å². The first-order valence-corrected chi connectivity index (χ1v) is 8.81. The summed E-state index contributed by atoms with van der Waals surface area (Å²) in [6, 6.07) is 1.33. The number of aliphatic hydroxyl groups excluding tert-OH is 1. The van der Waals surface area contributed by atoms with Crippen LogP contribution in [0.15, 0.2) is 0 Å². The van der Waals surface area contributed by atoms with Crippen LogP contribution in [0, 0.1) is 5.41 Å². The molecule has 0 spiro atoms. The normalized spacial score (nSPS) is 37.8. The molecule has 3 aliphatic rings. The first-order chi connectivity index (χ1) is 9.72. The average Bonchev–Trinajstić information content (AvgIpc) is 2.62. The fourth-order valence-electron chi connectivity index (χ4n) is 5.14. The SMILES string of the molecule is CNCC1(CN2C3CCC2CC(O)C3)CCCCCC1. The molecule has 2 N–H and O–H groups in total. The maximum absolute atomic E-state index is 9.99. The van der Waals surface area contributed by atoms with Gasteiger partial charge in [-0.15, -0.1) is 0 Å². The summed E-state index contributed by atoms with van der Waals surface area (Å²) in [5.41, 5.74) is 0.494. The van der Waals surface area contributed by atoms with Crippen LogP contribution in [0.1, 0.15) is 64.2 Å². The van der Waals surface area contributed by atoms with Gasteiger partial charge in [-0.05, 0) is 51.0 Å². The third kappa shape index (κ3) is 3.05. The molecular formula is C17H32N2O. The molecule has 2 saturated heterocycles. The van der Waals surface area contributed by atoms with E-state index in [0.29, 0.717) is 17.5 Å². The first-order valence-electron chi connectivity index (χ1n) is 8.81. The second-order valence-electron chi connectivity index (χ2n) is 7.63. The van der Waals surface area contributed by atoms with Crippen molar-refractivity contribution in [2.75, 3.05) is 20.1 Å². The van der Waals surface area contributed by atoms with E-state index in [9.17, 15) is 5.11 Å². The summed E-state index contributed by atoms with van der Waals surface area (Å²) in [7, 11) is 2.11. The molecule has 2 heterocycles. The van der Waals surface area contributed by atoms with Gasteiger partial charge in [0.25, 0.3) is 0 Å². The minimum atomic E-state index is -0.0295. The minimum Gasteiger partial charge on any atom is -0.393 e. The fourth-order valence-corrected chi connectivity index (χ4v) is 5.14. The molecule has 116 valence electrons. The van der Waals surface area contributed by atoms with Gasteiger partial charge < -0.3 is 10.4 Å². The monoisotopic (exact) mass is 280 g/mol. The van der Waals surface area contributed by atoms with Crippen LogP contribution in [-0.4, -0.2) is 48.3 Å². The molecule has 3 heteroatoms. The van der Waals surface area contributed by atoms with E-state index in [1.165, 1.54) is 64.5 Å². The van der Waals surface area contributed by atoms with Gasteiger partial charge in [-0.25, -0.2) is 0 Å². The Labute approximate surface area is 124 Å². The Morgan fingerprint density at radius 3 is 2.20 bits per heavy atom. The molecule has 0 amide bonds. The molecule has 2 atom stereocenters. The largest absolute Gasteiger partial charge is 0.393 e. The van der Waals surface area contributed by atoms with Crippen LogP contribution in [0.5, 0.6) is 0 Å². The molecule has 1 saturated carbocycles. The maximum Gasteiger partial charge on any atom is 0.0570 e. The average molecular weight is 280 g/mol. The first kappa shape index (κ1) is 14.8. The number of fused-ring (bicyclic) bond motifs is 2. The molecule has 0 aromatic carbocycles. The quantitative estimate of drug-likeness (QED) is 0.777. The molecule has 1 aliphatic carbocycles. The van der Waals surface area contributed by atoms with Gasteiger partial charge in [-0.1, -0.05) is 25.7 Å². The third-order valence-corrected chi connectivity index (χ3v) is 6.09. The second-order valence-corrected chi connectivity index (χ2v) is 7.63. The van der Waals surface area contributed by atoms with Crippen molar-refractivity contribution in [2.45, 2.75) is 82.4 Å². The van der Waals surface area contributed by atoms with Crippen molar-refractivity contribution < 1.29 is 5.11 Å². The van der Waals surface area contributed by atoms with E-state index >= 15 is 0 Å². The van der Waals surface area contributed by atoms with Crippen molar-refractivity contribution in [2.24, 2.45) is 5.41 Å². The molecule has 3 nitrogen and oxygen atoms in total. The lowest BCUT2D eigenvalue weighted by atomic mass is 9.78. The summed E-state index contributed by atoms with van der Waals surface area (Å²) < 4.78 is 0. The summed E-state index contributed by atoms with van der Waals surface area (Å²) in [5, 5.41) is 13.5. The molecule has 0 radical (unpaired) electrons. The Balaban J connectivity index is 1.70. The highest BCUT2D eigenvalue weighted by atomic mass is 16.3. The zero-order valence-corrected chi connectivity index (χ0v) is 13.1. The van der Waals surface area contributed by atoms with Gasteiger partial charge in [0.15, 0.2) is 0 Å². The van der Waals surface area contributed by atoms with Gasteiger partial charge in [0.2, 0.25) is 0 Å². The smallest absolute Gasteiger partial charge is 0.0570 e. The minimum absolute atomic E-state index is 0.0295. The van der Waals surface area contributed by atoms with Crippen LogP contribution in [0.2, 0.25) is 0 Å². The molecule has 2 aliphatic heterocycles. The third-order valence-electron chi connectivity index (χ3n) is 6.09. The van der Waals surface area contributed by atoms with E-state index in [0.717, 1.165) is 12.8 Å². The van der Waals surface area contributed by atoms with E-state index in [-0.39, 0.29) is 6.10 Å². The molecule has 3 fully saturated rings. The summed E-state index contributed by atoms with van der Waals surface area (Å²) in [4.78, 5) is 2.79. The summed E-state index contributed by atoms with van der Waals surface area (Å²) >= 11 is 0. The van der Waals surface area contributed by atoms with Crippen molar-refractivity contribution in [1.82, 2.24) is 10.2 Å². The van der Waals surface area contributed by atoms with Crippen LogP contribution >= 0.6 is 0 Å². The van der Waals surface area contributed by atoms with E-state index in [2.05, 4.69) is 17.3 Å². The Morgan fingerprint density at radius 2 is 1.65 bits per heavy atom. The van der Waals surface area contributed by atoms with Crippen LogP contribution in [0.4, 0.5) is 0 Å². The van der Waals surface area contributed by atoms with Crippen LogP contribution in [-0.2, 0) is 0 Å². The predicted octanol–water partition coefficient (Wildman–Crippen LogP) is 2.53. The van der Waals surface area contributed by atoms with Gasteiger partial charge in [-0.2, -0.15) is 0 Å². The number of hydrogen-bond acceptors (Lipinski definition) is 3. The lowest BCUT2D eigenvalue weighted by molar-refractivity contribution is 0.00586. The molecule has 0 aromatic heterocycles. The maximum atomic E-state index is 9.99. The highest BCUT2D eigenvalue weighted by molar-refractivity contribution is 4.99. The zero-order valence-electron chi connectivity index (χ0n) is 13.1. The van der Waals surface area contributed by atoms with Gasteiger partial charge in [0.1, 0.15) is 0 Å². The molecule has 20 heavy (non-hydrogen) atoms. The van der Waals surface area contributed by atoms with Crippen molar-refractivity contribution in [3.8, 4) is 0 Å². The number of rotatable bonds is 4. The fraction of sp³-hybridized carbons (Fsp3) is 1.00. The molecule has 3 rings (SSSR count). The lowest BCUT2D eigenvalue weighted by Crippen LogP contribution is -2.51. The zero-order chi connectivity index (χ0) is 14.0. The van der Waals surface area contributed by atoms with Crippen LogP contribution < -0.4 is 5.32 Å². The van der Waals surface area contributed by atoms with Gasteiger partial charge in [-0.3, -0.25) is 4.90 Å². The Hall–Kier alpha value is -0.120. The van der Waals surface area contributed by atoms with Crippen LogP contribution in [0.25, 0.3) is 0 Å². The highest BCUT2D eigenvalue weighted by Crippen LogP contribution is 2.42. The molecular weight excluding hydrogens is 248 g/mol. The number of aliphatic hydroxyl groups is 1.